The van der Waals surface area contributed by atoms with Gasteiger partial charge in [-0.05, 0) is 54.5 Å². The lowest BCUT2D eigenvalue weighted by Gasteiger charge is -2.35. The van der Waals surface area contributed by atoms with E-state index in [1.165, 1.54) is 6.07 Å². The van der Waals surface area contributed by atoms with Crippen LogP contribution in [-0.4, -0.2) is 42.4 Å². The van der Waals surface area contributed by atoms with Crippen molar-refractivity contribution in [1.82, 2.24) is 4.90 Å². The molecule has 1 aliphatic carbocycles. The Labute approximate surface area is 159 Å². The Hall–Kier alpha value is -2.11. The molecule has 1 saturated heterocycles. The zero-order valence-corrected chi connectivity index (χ0v) is 15.6. The van der Waals surface area contributed by atoms with Gasteiger partial charge in [0.2, 0.25) is 0 Å². The van der Waals surface area contributed by atoms with Crippen molar-refractivity contribution in [1.29, 1.82) is 0 Å². The van der Waals surface area contributed by atoms with Crippen LogP contribution in [0, 0.1) is 17.7 Å². The molecule has 144 valence electrons. The number of halogens is 1. The van der Waals surface area contributed by atoms with Crippen LogP contribution in [-0.2, 0) is 6.54 Å². The van der Waals surface area contributed by atoms with E-state index >= 15 is 0 Å². The minimum atomic E-state index is -0.481. The maximum absolute atomic E-state index is 13.4. The van der Waals surface area contributed by atoms with Crippen LogP contribution in [0.5, 0.6) is 11.5 Å². The van der Waals surface area contributed by atoms with E-state index in [0.717, 1.165) is 38.0 Å². The first-order valence-electron chi connectivity index (χ1n) is 9.57. The van der Waals surface area contributed by atoms with Crippen molar-refractivity contribution < 1.29 is 19.0 Å². The molecule has 4 atom stereocenters. The van der Waals surface area contributed by atoms with Crippen LogP contribution in [0.4, 0.5) is 4.39 Å². The number of benzene rings is 2. The lowest BCUT2D eigenvalue weighted by atomic mass is 9.78. The summed E-state index contributed by atoms with van der Waals surface area (Å²) in [5.41, 5.74) is 0.996. The van der Waals surface area contributed by atoms with Crippen LogP contribution in [0.15, 0.2) is 48.5 Å². The third-order valence-electron chi connectivity index (χ3n) is 5.80. The van der Waals surface area contributed by atoms with E-state index < -0.39 is 6.10 Å². The Morgan fingerprint density at radius 1 is 1.04 bits per heavy atom. The number of aliphatic hydroxyl groups is 1. The van der Waals surface area contributed by atoms with Crippen molar-refractivity contribution in [2.24, 2.45) is 11.8 Å². The first-order chi connectivity index (χ1) is 13.1. The van der Waals surface area contributed by atoms with Crippen molar-refractivity contribution in [3.8, 4) is 11.5 Å². The second-order valence-electron chi connectivity index (χ2n) is 7.69. The van der Waals surface area contributed by atoms with Gasteiger partial charge in [0, 0.05) is 19.6 Å². The van der Waals surface area contributed by atoms with Gasteiger partial charge in [-0.25, -0.2) is 4.39 Å². The van der Waals surface area contributed by atoms with Crippen LogP contribution in [0.25, 0.3) is 0 Å². The average molecular weight is 371 g/mol. The highest BCUT2D eigenvalue weighted by atomic mass is 19.1. The van der Waals surface area contributed by atoms with E-state index in [4.69, 9.17) is 9.47 Å². The first-order valence-corrected chi connectivity index (χ1v) is 9.57. The largest absolute Gasteiger partial charge is 0.493 e. The van der Waals surface area contributed by atoms with Crippen molar-refractivity contribution in [2.45, 2.75) is 31.6 Å². The van der Waals surface area contributed by atoms with Gasteiger partial charge in [0.15, 0.2) is 11.5 Å². The monoisotopic (exact) mass is 371 g/mol. The minimum absolute atomic E-state index is 0.190. The van der Waals surface area contributed by atoms with Gasteiger partial charge in [-0.1, -0.05) is 24.3 Å². The highest BCUT2D eigenvalue weighted by Crippen LogP contribution is 2.39. The Balaban J connectivity index is 1.40. The lowest BCUT2D eigenvalue weighted by Crippen LogP contribution is -2.42. The first kappa shape index (κ1) is 18.3. The zero-order chi connectivity index (χ0) is 18.8. The fourth-order valence-electron chi connectivity index (χ4n) is 4.52. The Bertz CT molecular complexity index is 784. The lowest BCUT2D eigenvalue weighted by molar-refractivity contribution is -0.0240. The van der Waals surface area contributed by atoms with Gasteiger partial charge in [0.1, 0.15) is 11.9 Å². The predicted molar refractivity (Wildman–Crippen MR) is 101 cm³/mol. The van der Waals surface area contributed by atoms with Crippen molar-refractivity contribution in [3.63, 3.8) is 0 Å². The van der Waals surface area contributed by atoms with Gasteiger partial charge in [-0.15, -0.1) is 0 Å². The number of aliphatic hydroxyl groups excluding tert-OH is 1. The SMILES string of the molecule is COc1ccccc1O[C@@H]1C[C@@H]2CN(Cc3cccc(F)c3)C[C@@H]2C[C@H]1O. The van der Waals surface area contributed by atoms with Crippen molar-refractivity contribution >= 4 is 0 Å². The summed E-state index contributed by atoms with van der Waals surface area (Å²) in [7, 11) is 1.62. The molecule has 0 radical (unpaired) electrons. The molecule has 2 aromatic carbocycles. The summed E-state index contributed by atoms with van der Waals surface area (Å²) in [5.74, 6) is 2.13. The predicted octanol–water partition coefficient (Wildman–Crippen LogP) is 3.48. The van der Waals surface area contributed by atoms with Gasteiger partial charge in [-0.3, -0.25) is 4.90 Å². The molecule has 1 aliphatic heterocycles. The number of fused-ring (bicyclic) bond motifs is 1. The summed E-state index contributed by atoms with van der Waals surface area (Å²) in [5, 5.41) is 10.6. The standard InChI is InChI=1S/C22H26FNO3/c1-26-20-7-2-3-8-21(20)27-22-11-17-14-24(13-16(17)10-19(22)25)12-15-5-4-6-18(23)9-15/h2-9,16-17,19,22,25H,10-14H2,1H3/t16-,17+,19+,22+/m0/s1. The Morgan fingerprint density at radius 3 is 2.52 bits per heavy atom. The molecule has 0 aromatic heterocycles. The molecule has 2 fully saturated rings. The summed E-state index contributed by atoms with van der Waals surface area (Å²) in [4.78, 5) is 2.36. The number of hydrogen-bond acceptors (Lipinski definition) is 4. The van der Waals surface area contributed by atoms with Gasteiger partial charge in [-0.2, -0.15) is 0 Å². The number of para-hydroxylation sites is 2. The smallest absolute Gasteiger partial charge is 0.161 e. The number of rotatable bonds is 5. The summed E-state index contributed by atoms with van der Waals surface area (Å²) in [6.45, 7) is 2.65. The summed E-state index contributed by atoms with van der Waals surface area (Å²) in [6, 6.07) is 14.4. The molecule has 27 heavy (non-hydrogen) atoms. The number of ether oxygens (including phenoxy) is 2. The molecule has 0 bridgehead atoms. The van der Waals surface area contributed by atoms with Gasteiger partial charge in [0.25, 0.3) is 0 Å². The third kappa shape index (κ3) is 4.09. The van der Waals surface area contributed by atoms with Gasteiger partial charge < -0.3 is 14.6 Å². The average Bonchev–Trinajstić information content (AvgIpc) is 3.03. The number of hydrogen-bond donors (Lipinski definition) is 1. The molecular formula is C22H26FNO3. The fraction of sp³-hybridized carbons (Fsp3) is 0.455. The van der Waals surface area contributed by atoms with E-state index in [0.29, 0.717) is 23.3 Å². The Morgan fingerprint density at radius 2 is 1.78 bits per heavy atom. The molecule has 1 heterocycles. The van der Waals surface area contributed by atoms with E-state index in [2.05, 4.69) is 4.90 Å². The molecule has 2 aromatic rings. The van der Waals surface area contributed by atoms with Crippen LogP contribution >= 0.6 is 0 Å². The fourth-order valence-corrected chi connectivity index (χ4v) is 4.52. The van der Waals surface area contributed by atoms with E-state index in [-0.39, 0.29) is 11.9 Å². The van der Waals surface area contributed by atoms with E-state index in [9.17, 15) is 9.50 Å². The molecule has 1 N–H and O–H groups in total. The summed E-state index contributed by atoms with van der Waals surface area (Å²) in [6.07, 6.45) is 0.857. The molecular weight excluding hydrogens is 345 g/mol. The Kier molecular flexibility index (Phi) is 5.32. The molecule has 4 rings (SSSR count). The topological polar surface area (TPSA) is 41.9 Å². The van der Waals surface area contributed by atoms with Crippen molar-refractivity contribution in [2.75, 3.05) is 20.2 Å². The maximum atomic E-state index is 13.4. The van der Waals surface area contributed by atoms with Gasteiger partial charge in [0.05, 0.1) is 13.2 Å². The molecule has 0 unspecified atom stereocenters. The van der Waals surface area contributed by atoms with Crippen LogP contribution in [0.1, 0.15) is 18.4 Å². The van der Waals surface area contributed by atoms with E-state index in [1.54, 1.807) is 19.2 Å². The molecule has 1 saturated carbocycles. The van der Waals surface area contributed by atoms with Crippen LogP contribution in [0.3, 0.4) is 0 Å². The summed E-state index contributed by atoms with van der Waals surface area (Å²) < 4.78 is 24.9. The van der Waals surface area contributed by atoms with Crippen LogP contribution < -0.4 is 9.47 Å². The molecule has 4 nitrogen and oxygen atoms in total. The van der Waals surface area contributed by atoms with Crippen LogP contribution in [0.2, 0.25) is 0 Å². The number of methoxy groups -OCH3 is 1. The number of likely N-dealkylation sites (tertiary alicyclic amines) is 1. The van der Waals surface area contributed by atoms with E-state index in [1.807, 2.05) is 30.3 Å². The minimum Gasteiger partial charge on any atom is -0.493 e. The normalized spacial score (nSPS) is 28.0. The third-order valence-corrected chi connectivity index (χ3v) is 5.80. The second-order valence-corrected chi connectivity index (χ2v) is 7.69. The second kappa shape index (κ2) is 7.87. The highest BCUT2D eigenvalue weighted by Gasteiger charge is 2.42. The van der Waals surface area contributed by atoms with Gasteiger partial charge >= 0.3 is 0 Å². The zero-order valence-electron chi connectivity index (χ0n) is 15.6. The number of nitrogens with zero attached hydrogens (tertiary/aromatic N) is 1. The maximum Gasteiger partial charge on any atom is 0.161 e. The highest BCUT2D eigenvalue weighted by molar-refractivity contribution is 5.39. The van der Waals surface area contributed by atoms with Crippen molar-refractivity contribution in [3.05, 3.63) is 59.9 Å². The molecule has 0 amide bonds. The molecule has 5 heteroatoms. The molecule has 2 aliphatic rings. The quantitative estimate of drug-likeness (QED) is 0.874. The summed E-state index contributed by atoms with van der Waals surface area (Å²) >= 11 is 0. The molecule has 0 spiro atoms.